The molecular formula is C58H87NO. The van der Waals surface area contributed by atoms with E-state index in [2.05, 4.69) is 65.7 Å². The number of allylic oxidation sites excluding steroid dienone is 12. The summed E-state index contributed by atoms with van der Waals surface area (Å²) in [6, 6.07) is 1.54. The van der Waals surface area contributed by atoms with Gasteiger partial charge in [-0.05, 0) is 187 Å². The molecular weight excluding hydrogens is 727 g/mol. The molecule has 0 aromatic rings. The second-order valence-corrected chi connectivity index (χ2v) is 22.8. The van der Waals surface area contributed by atoms with Crippen LogP contribution in [0.5, 0.6) is 0 Å². The standard InChI is InChI=1S/C58H87NO/c1-2-20-50(21-3-1)60-39-38-59-57-36-28-42(14-12-26-55-51-22-8-4-16-44(51)30-31-45-17-5-9-23-52(45)55)40-48(57)34-35-49-41-43(29-37-58(49)59)15-13-27-56-53-24-10-6-18-46(53)32-33-47-19-7-11-25-54(47)56/h12-15,26-27,30-33,42-54,57-58H,1-11,16-25,28-29,34-41H2. The summed E-state index contributed by atoms with van der Waals surface area (Å²) in [6.07, 6.45) is 68.4. The maximum Gasteiger partial charge on any atom is 0.0597 e. The number of hydrogen-bond acceptors (Lipinski definition) is 2. The Morgan fingerprint density at radius 1 is 0.433 bits per heavy atom. The molecule has 0 radical (unpaired) electrons. The van der Waals surface area contributed by atoms with E-state index in [1.807, 2.05) is 11.1 Å². The molecule has 14 atom stereocenters. The molecule has 330 valence electrons. The fraction of sp³-hybridized carbons (Fsp3) is 0.793. The number of fused-ring (bicyclic) bond motifs is 6. The van der Waals surface area contributed by atoms with Gasteiger partial charge in [0.05, 0.1) is 12.7 Å². The van der Waals surface area contributed by atoms with Crippen molar-refractivity contribution in [3.8, 4) is 0 Å². The molecule has 1 saturated heterocycles. The maximum atomic E-state index is 6.73. The first kappa shape index (κ1) is 42.3. The minimum absolute atomic E-state index is 0.524. The van der Waals surface area contributed by atoms with Crippen molar-refractivity contribution >= 4 is 0 Å². The van der Waals surface area contributed by atoms with Crippen molar-refractivity contribution in [2.75, 3.05) is 13.2 Å². The SMILES string of the molecule is C(=CC1CCC2C(CCC3CC(C=CC=C4C5CCCCC5C=CC5CCCCC45)CCC3N2CCOC2CCCCC2)C1)C=C1C2CCCCC2C=CC2CCCCC12. The van der Waals surface area contributed by atoms with Gasteiger partial charge in [0.25, 0.3) is 0 Å². The smallest absolute Gasteiger partial charge is 0.0597 e. The molecule has 8 fully saturated rings. The van der Waals surface area contributed by atoms with Gasteiger partial charge in [-0.15, -0.1) is 0 Å². The quantitative estimate of drug-likeness (QED) is 0.226. The van der Waals surface area contributed by atoms with Crippen LogP contribution < -0.4 is 0 Å². The van der Waals surface area contributed by atoms with Crippen LogP contribution >= 0.6 is 0 Å². The van der Waals surface area contributed by atoms with Gasteiger partial charge in [0.1, 0.15) is 0 Å². The van der Waals surface area contributed by atoms with Crippen molar-refractivity contribution in [3.63, 3.8) is 0 Å². The molecule has 1 aliphatic heterocycles. The molecule has 0 aromatic heterocycles. The summed E-state index contributed by atoms with van der Waals surface area (Å²) >= 11 is 0. The van der Waals surface area contributed by atoms with E-state index in [4.69, 9.17) is 4.74 Å². The van der Waals surface area contributed by atoms with E-state index in [9.17, 15) is 0 Å². The number of hydrogen-bond donors (Lipinski definition) is 0. The highest BCUT2D eigenvalue weighted by atomic mass is 16.5. The van der Waals surface area contributed by atoms with Crippen LogP contribution in [0.25, 0.3) is 0 Å². The molecule has 60 heavy (non-hydrogen) atoms. The Kier molecular flexibility index (Phi) is 14.4. The minimum Gasteiger partial charge on any atom is -0.377 e. The van der Waals surface area contributed by atoms with E-state index in [-0.39, 0.29) is 0 Å². The van der Waals surface area contributed by atoms with E-state index in [0.29, 0.717) is 6.10 Å². The molecule has 0 spiro atoms. The molecule has 14 unspecified atom stereocenters. The van der Waals surface area contributed by atoms with Crippen LogP contribution in [0.15, 0.2) is 71.9 Å². The molecule has 0 N–H and O–H groups in total. The lowest BCUT2D eigenvalue weighted by Gasteiger charge is -2.47. The molecule has 10 aliphatic rings. The van der Waals surface area contributed by atoms with Crippen LogP contribution in [-0.4, -0.2) is 36.2 Å². The van der Waals surface area contributed by atoms with Gasteiger partial charge in [-0.1, -0.05) is 143 Å². The van der Waals surface area contributed by atoms with Crippen molar-refractivity contribution in [3.05, 3.63) is 71.9 Å². The Hall–Kier alpha value is -1.64. The average Bonchev–Trinajstić information content (AvgIpc) is 3.64. The van der Waals surface area contributed by atoms with Crippen LogP contribution in [-0.2, 0) is 4.74 Å². The minimum atomic E-state index is 0.524. The van der Waals surface area contributed by atoms with Crippen molar-refractivity contribution in [2.24, 2.45) is 71.0 Å². The zero-order chi connectivity index (χ0) is 40.1. The fourth-order valence-corrected chi connectivity index (χ4v) is 16.5. The second kappa shape index (κ2) is 20.5. The number of rotatable bonds is 8. The molecule has 0 aromatic carbocycles. The van der Waals surface area contributed by atoms with Gasteiger partial charge < -0.3 is 4.74 Å². The first-order chi connectivity index (χ1) is 29.7. The highest BCUT2D eigenvalue weighted by molar-refractivity contribution is 5.28. The van der Waals surface area contributed by atoms with Gasteiger partial charge in [-0.2, -0.15) is 0 Å². The number of ether oxygens (including phenoxy) is 1. The lowest BCUT2D eigenvalue weighted by molar-refractivity contribution is -0.0231. The van der Waals surface area contributed by atoms with E-state index >= 15 is 0 Å². The first-order valence-electron chi connectivity index (χ1n) is 27.3. The predicted molar refractivity (Wildman–Crippen MR) is 253 cm³/mol. The molecule has 2 nitrogen and oxygen atoms in total. The van der Waals surface area contributed by atoms with Gasteiger partial charge in [0, 0.05) is 18.6 Å². The Morgan fingerprint density at radius 3 is 1.27 bits per heavy atom. The number of likely N-dealkylation sites (tertiary alicyclic amines) is 1. The Morgan fingerprint density at radius 2 is 0.833 bits per heavy atom. The molecule has 2 heteroatoms. The Bertz CT molecular complexity index is 1410. The van der Waals surface area contributed by atoms with Crippen LogP contribution in [0.1, 0.15) is 186 Å². The summed E-state index contributed by atoms with van der Waals surface area (Å²) < 4.78 is 6.73. The molecule has 0 amide bonds. The van der Waals surface area contributed by atoms with Crippen molar-refractivity contribution in [1.82, 2.24) is 4.90 Å². The van der Waals surface area contributed by atoms with Gasteiger partial charge in [0.2, 0.25) is 0 Å². The zero-order valence-corrected chi connectivity index (χ0v) is 38.2. The van der Waals surface area contributed by atoms with Crippen LogP contribution in [0.3, 0.4) is 0 Å². The third kappa shape index (κ3) is 9.71. The Labute approximate surface area is 368 Å². The summed E-state index contributed by atoms with van der Waals surface area (Å²) in [5.41, 5.74) is 3.73. The van der Waals surface area contributed by atoms with Gasteiger partial charge in [-0.3, -0.25) is 4.90 Å². The second-order valence-electron chi connectivity index (χ2n) is 22.8. The van der Waals surface area contributed by atoms with Gasteiger partial charge in [-0.25, -0.2) is 0 Å². The van der Waals surface area contributed by atoms with E-state index in [1.54, 1.807) is 0 Å². The number of nitrogens with zero attached hydrogens (tertiary/aromatic N) is 1. The lowest BCUT2D eigenvalue weighted by atomic mass is 9.68. The molecule has 1 heterocycles. The van der Waals surface area contributed by atoms with Crippen molar-refractivity contribution in [2.45, 2.75) is 204 Å². The third-order valence-corrected chi connectivity index (χ3v) is 19.5. The highest BCUT2D eigenvalue weighted by Gasteiger charge is 2.44. The van der Waals surface area contributed by atoms with Gasteiger partial charge in [0.15, 0.2) is 0 Å². The Balaban J connectivity index is 0.826. The molecule has 10 rings (SSSR count). The van der Waals surface area contributed by atoms with Gasteiger partial charge >= 0.3 is 0 Å². The lowest BCUT2D eigenvalue weighted by Crippen LogP contribution is -2.52. The van der Waals surface area contributed by atoms with E-state index in [1.165, 1.54) is 193 Å². The summed E-state index contributed by atoms with van der Waals surface area (Å²) in [4.78, 5) is 3.12. The van der Waals surface area contributed by atoms with Crippen molar-refractivity contribution in [1.29, 1.82) is 0 Å². The van der Waals surface area contributed by atoms with Crippen LogP contribution in [0, 0.1) is 71.0 Å². The summed E-state index contributed by atoms with van der Waals surface area (Å²) in [6.45, 7) is 2.14. The first-order valence-corrected chi connectivity index (χ1v) is 27.3. The fourth-order valence-electron chi connectivity index (χ4n) is 16.5. The largest absolute Gasteiger partial charge is 0.377 e. The molecule has 7 saturated carbocycles. The highest BCUT2D eigenvalue weighted by Crippen LogP contribution is 2.51. The van der Waals surface area contributed by atoms with E-state index in [0.717, 1.165) is 89.7 Å². The molecule has 9 aliphatic carbocycles. The maximum absolute atomic E-state index is 6.73. The third-order valence-electron chi connectivity index (χ3n) is 19.5. The monoisotopic (exact) mass is 814 g/mol. The predicted octanol–water partition coefficient (Wildman–Crippen LogP) is 15.3. The normalized spacial score (nSPS) is 42.8. The van der Waals surface area contributed by atoms with Crippen LogP contribution in [0.4, 0.5) is 0 Å². The average molecular weight is 814 g/mol. The molecule has 0 bridgehead atoms. The van der Waals surface area contributed by atoms with Crippen molar-refractivity contribution < 1.29 is 4.74 Å². The van der Waals surface area contributed by atoms with Crippen LogP contribution in [0.2, 0.25) is 0 Å². The summed E-state index contributed by atoms with van der Waals surface area (Å²) in [5.74, 6) is 9.71. The van der Waals surface area contributed by atoms with E-state index < -0.39 is 0 Å². The summed E-state index contributed by atoms with van der Waals surface area (Å²) in [7, 11) is 0. The topological polar surface area (TPSA) is 12.5 Å². The zero-order valence-electron chi connectivity index (χ0n) is 38.2. The summed E-state index contributed by atoms with van der Waals surface area (Å²) in [5, 5.41) is 0.